The second kappa shape index (κ2) is 4.40. The molecule has 16 heavy (non-hydrogen) atoms. The van der Waals surface area contributed by atoms with Crippen LogP contribution < -0.4 is 5.73 Å². The second-order valence-corrected chi connectivity index (χ2v) is 4.06. The molecule has 1 amide bonds. The lowest BCUT2D eigenvalue weighted by Gasteiger charge is -2.10. The van der Waals surface area contributed by atoms with Gasteiger partial charge in [0, 0.05) is 9.13 Å². The van der Waals surface area contributed by atoms with Crippen LogP contribution >= 0.6 is 22.6 Å². The normalized spacial score (nSPS) is 11.2. The van der Waals surface area contributed by atoms with E-state index in [9.17, 15) is 22.8 Å². The van der Waals surface area contributed by atoms with E-state index in [1.165, 1.54) is 0 Å². The SMILES string of the molecule is NC(=O)c1cc(C(F)(F)F)cc(I)c1C=O. The molecule has 0 saturated carbocycles. The maximum absolute atomic E-state index is 12.4. The minimum atomic E-state index is -4.58. The molecule has 0 radical (unpaired) electrons. The fourth-order valence-corrected chi connectivity index (χ4v) is 1.86. The number of hydrogen-bond donors (Lipinski definition) is 1. The molecular weight excluding hydrogens is 338 g/mol. The average molecular weight is 343 g/mol. The van der Waals surface area contributed by atoms with E-state index in [0.717, 1.165) is 6.07 Å². The highest BCUT2D eigenvalue weighted by molar-refractivity contribution is 14.1. The summed E-state index contributed by atoms with van der Waals surface area (Å²) in [4.78, 5) is 21.5. The third-order valence-electron chi connectivity index (χ3n) is 1.84. The Morgan fingerprint density at radius 2 is 1.94 bits per heavy atom. The van der Waals surface area contributed by atoms with Crippen LogP contribution in [0, 0.1) is 3.57 Å². The van der Waals surface area contributed by atoms with E-state index in [0.29, 0.717) is 12.4 Å². The van der Waals surface area contributed by atoms with Crippen molar-refractivity contribution in [2.45, 2.75) is 6.18 Å². The summed E-state index contributed by atoms with van der Waals surface area (Å²) in [5.74, 6) is -1.06. The van der Waals surface area contributed by atoms with Crippen molar-refractivity contribution in [1.82, 2.24) is 0 Å². The van der Waals surface area contributed by atoms with Gasteiger partial charge in [0.05, 0.1) is 11.1 Å². The van der Waals surface area contributed by atoms with Gasteiger partial charge < -0.3 is 5.73 Å². The first-order valence-electron chi connectivity index (χ1n) is 3.93. The lowest BCUT2D eigenvalue weighted by Crippen LogP contribution is -2.17. The largest absolute Gasteiger partial charge is 0.416 e. The van der Waals surface area contributed by atoms with E-state index in [4.69, 9.17) is 5.73 Å². The highest BCUT2D eigenvalue weighted by atomic mass is 127. The molecule has 7 heteroatoms. The van der Waals surface area contributed by atoms with Gasteiger partial charge in [0.25, 0.3) is 0 Å². The lowest BCUT2D eigenvalue weighted by atomic mass is 10.0. The molecule has 0 heterocycles. The predicted molar refractivity (Wildman–Crippen MR) is 58.1 cm³/mol. The summed E-state index contributed by atoms with van der Waals surface area (Å²) in [5, 5.41) is 0. The predicted octanol–water partition coefficient (Wildman–Crippen LogP) is 2.22. The van der Waals surface area contributed by atoms with Gasteiger partial charge in [-0.3, -0.25) is 9.59 Å². The van der Waals surface area contributed by atoms with Gasteiger partial charge in [-0.05, 0) is 34.7 Å². The van der Waals surface area contributed by atoms with Gasteiger partial charge in [0.2, 0.25) is 5.91 Å². The molecule has 0 atom stereocenters. The van der Waals surface area contributed by atoms with E-state index in [1.54, 1.807) is 22.6 Å². The van der Waals surface area contributed by atoms with Crippen LogP contribution in [0.15, 0.2) is 12.1 Å². The summed E-state index contributed by atoms with van der Waals surface area (Å²) in [7, 11) is 0. The van der Waals surface area contributed by atoms with Crippen LogP contribution in [0.2, 0.25) is 0 Å². The Morgan fingerprint density at radius 3 is 2.31 bits per heavy atom. The molecule has 0 aliphatic rings. The zero-order valence-corrected chi connectivity index (χ0v) is 9.80. The molecule has 0 aliphatic heterocycles. The molecule has 3 nitrogen and oxygen atoms in total. The Bertz CT molecular complexity index is 457. The summed E-state index contributed by atoms with van der Waals surface area (Å²) in [5.41, 5.74) is 3.35. The van der Waals surface area contributed by atoms with Gasteiger partial charge in [-0.15, -0.1) is 0 Å². The van der Waals surface area contributed by atoms with Crippen LogP contribution in [-0.2, 0) is 6.18 Å². The van der Waals surface area contributed by atoms with Gasteiger partial charge in [-0.2, -0.15) is 13.2 Å². The minimum Gasteiger partial charge on any atom is -0.366 e. The summed E-state index contributed by atoms with van der Waals surface area (Å²) in [6, 6.07) is 1.37. The lowest BCUT2D eigenvalue weighted by molar-refractivity contribution is -0.137. The Balaban J connectivity index is 3.52. The molecule has 0 aromatic heterocycles. The van der Waals surface area contributed by atoms with Crippen LogP contribution in [0.3, 0.4) is 0 Å². The topological polar surface area (TPSA) is 60.2 Å². The van der Waals surface area contributed by atoms with Crippen LogP contribution in [0.5, 0.6) is 0 Å². The average Bonchev–Trinajstić information content (AvgIpc) is 2.14. The van der Waals surface area contributed by atoms with Crippen molar-refractivity contribution in [3.8, 4) is 0 Å². The summed E-state index contributed by atoms with van der Waals surface area (Å²) in [6.07, 6.45) is -4.27. The van der Waals surface area contributed by atoms with Crippen molar-refractivity contribution in [1.29, 1.82) is 0 Å². The van der Waals surface area contributed by atoms with Gasteiger partial charge >= 0.3 is 6.18 Å². The molecule has 0 unspecified atom stereocenters. The van der Waals surface area contributed by atoms with Gasteiger partial charge in [0.1, 0.15) is 0 Å². The number of primary amides is 1. The number of aldehydes is 1. The zero-order chi connectivity index (χ0) is 12.5. The van der Waals surface area contributed by atoms with Crippen LogP contribution in [-0.4, -0.2) is 12.2 Å². The maximum Gasteiger partial charge on any atom is 0.416 e. The summed E-state index contributed by atoms with van der Waals surface area (Å²) >= 11 is 1.55. The number of rotatable bonds is 2. The van der Waals surface area contributed by atoms with Crippen molar-refractivity contribution in [2.75, 3.05) is 0 Å². The Hall–Kier alpha value is -1.12. The number of nitrogens with two attached hydrogens (primary N) is 1. The summed E-state index contributed by atoms with van der Waals surface area (Å²) < 4.78 is 37.2. The molecule has 0 bridgehead atoms. The van der Waals surface area contributed by atoms with E-state index in [-0.39, 0.29) is 9.13 Å². The maximum atomic E-state index is 12.4. The van der Waals surface area contributed by atoms with Crippen molar-refractivity contribution < 1.29 is 22.8 Å². The van der Waals surface area contributed by atoms with Crippen LogP contribution in [0.25, 0.3) is 0 Å². The van der Waals surface area contributed by atoms with Gasteiger partial charge in [0.15, 0.2) is 6.29 Å². The van der Waals surface area contributed by atoms with Crippen molar-refractivity contribution >= 4 is 34.8 Å². The first-order valence-corrected chi connectivity index (χ1v) is 5.01. The Kier molecular flexibility index (Phi) is 3.56. The van der Waals surface area contributed by atoms with Crippen LogP contribution in [0.4, 0.5) is 13.2 Å². The number of amides is 1. The standard InChI is InChI=1S/C9H5F3INO2/c10-9(11,12)4-1-5(8(14)16)6(3-15)7(13)2-4/h1-3H,(H2,14,16). The number of benzene rings is 1. The van der Waals surface area contributed by atoms with Crippen molar-refractivity contribution in [2.24, 2.45) is 5.73 Å². The number of alkyl halides is 3. The first kappa shape index (κ1) is 12.9. The van der Waals surface area contributed by atoms with E-state index >= 15 is 0 Å². The van der Waals surface area contributed by atoms with Gasteiger partial charge in [-0.25, -0.2) is 0 Å². The summed E-state index contributed by atoms with van der Waals surface area (Å²) in [6.45, 7) is 0. The Morgan fingerprint density at radius 1 is 1.38 bits per heavy atom. The molecule has 0 fully saturated rings. The molecule has 2 N–H and O–H groups in total. The quantitative estimate of drug-likeness (QED) is 0.661. The van der Waals surface area contributed by atoms with E-state index in [1.807, 2.05) is 0 Å². The minimum absolute atomic E-state index is 0.0382. The molecule has 1 aromatic rings. The van der Waals surface area contributed by atoms with Gasteiger partial charge in [-0.1, -0.05) is 0 Å². The monoisotopic (exact) mass is 343 g/mol. The number of halogens is 4. The molecule has 86 valence electrons. The fraction of sp³-hybridized carbons (Fsp3) is 0.111. The third-order valence-corrected chi connectivity index (χ3v) is 2.73. The molecule has 0 saturated heterocycles. The fourth-order valence-electron chi connectivity index (χ4n) is 1.11. The number of carbonyl (C=O) groups is 2. The first-order chi connectivity index (χ1) is 7.27. The third kappa shape index (κ3) is 2.52. The van der Waals surface area contributed by atoms with Crippen LogP contribution in [0.1, 0.15) is 26.3 Å². The molecule has 0 spiro atoms. The number of hydrogen-bond acceptors (Lipinski definition) is 2. The van der Waals surface area contributed by atoms with Crippen molar-refractivity contribution in [3.05, 3.63) is 32.4 Å². The van der Waals surface area contributed by atoms with Crippen molar-refractivity contribution in [3.63, 3.8) is 0 Å². The molecule has 1 aromatic carbocycles. The van der Waals surface area contributed by atoms with E-state index < -0.39 is 23.2 Å². The molecule has 1 rings (SSSR count). The molecule has 0 aliphatic carbocycles. The zero-order valence-electron chi connectivity index (χ0n) is 7.64. The molecular formula is C9H5F3INO2. The second-order valence-electron chi connectivity index (χ2n) is 2.90. The highest BCUT2D eigenvalue weighted by Crippen LogP contribution is 2.32. The number of carbonyl (C=O) groups excluding carboxylic acids is 2. The Labute approximate surface area is 102 Å². The smallest absolute Gasteiger partial charge is 0.366 e. The van der Waals surface area contributed by atoms with E-state index in [2.05, 4.69) is 0 Å². The highest BCUT2D eigenvalue weighted by Gasteiger charge is 2.32.